The van der Waals surface area contributed by atoms with Gasteiger partial charge in [0.2, 0.25) is 0 Å². The fourth-order valence-electron chi connectivity index (χ4n) is 2.62. The van der Waals surface area contributed by atoms with Crippen LogP contribution in [-0.4, -0.2) is 34.8 Å². The number of rotatable bonds is 4. The number of hydrogen-bond acceptors (Lipinski definition) is 4. The molecule has 0 aromatic heterocycles. The number of hydrogen-bond donors (Lipinski definition) is 2. The van der Waals surface area contributed by atoms with Gasteiger partial charge in [-0.2, -0.15) is 0 Å². The Morgan fingerprint density at radius 3 is 2.52 bits per heavy atom. The largest absolute Gasteiger partial charge is 0.480 e. The molecule has 0 aliphatic carbocycles. The summed E-state index contributed by atoms with van der Waals surface area (Å²) in [6, 6.07) is 6.71. The Hall–Kier alpha value is -2.30. The molecule has 0 spiro atoms. The van der Waals surface area contributed by atoms with Gasteiger partial charge in [-0.05, 0) is 36.1 Å². The Morgan fingerprint density at radius 2 is 1.95 bits per heavy atom. The Kier molecular flexibility index (Phi) is 4.02. The van der Waals surface area contributed by atoms with Gasteiger partial charge in [0.05, 0.1) is 0 Å². The first-order valence-electron chi connectivity index (χ1n) is 6.84. The van der Waals surface area contributed by atoms with Crippen LogP contribution in [0.2, 0.25) is 0 Å². The molecule has 1 fully saturated rings. The highest BCUT2D eigenvalue weighted by Crippen LogP contribution is 2.36. The Balaban J connectivity index is 2.22. The summed E-state index contributed by atoms with van der Waals surface area (Å²) in [5.74, 6) is -1.02. The van der Waals surface area contributed by atoms with Gasteiger partial charge in [0.1, 0.15) is 6.54 Å². The first-order chi connectivity index (χ1) is 9.77. The summed E-state index contributed by atoms with van der Waals surface area (Å²) in [4.78, 5) is 25.0. The van der Waals surface area contributed by atoms with Crippen LogP contribution >= 0.6 is 0 Å². The third kappa shape index (κ3) is 3.84. The van der Waals surface area contributed by atoms with E-state index in [1.807, 2.05) is 0 Å². The number of ketones is 1. The number of aliphatic carboxylic acids is 1. The number of nitrogen functional groups attached to an aromatic ring is 1. The lowest BCUT2D eigenvalue weighted by molar-refractivity contribution is -0.137. The zero-order valence-electron chi connectivity index (χ0n) is 12.3. The average Bonchev–Trinajstić information content (AvgIpc) is 2.63. The van der Waals surface area contributed by atoms with Gasteiger partial charge in [-0.3, -0.25) is 9.59 Å². The van der Waals surface area contributed by atoms with Crippen molar-refractivity contribution in [2.75, 3.05) is 18.8 Å². The van der Waals surface area contributed by atoms with E-state index in [-0.39, 0.29) is 17.7 Å². The van der Waals surface area contributed by atoms with Crippen molar-refractivity contribution in [1.82, 2.24) is 4.90 Å². The van der Waals surface area contributed by atoms with E-state index in [2.05, 4.69) is 13.8 Å². The molecule has 1 aromatic rings. The number of carboxylic acids is 1. The lowest BCUT2D eigenvalue weighted by atomic mass is 9.92. The Labute approximate surface area is 124 Å². The Bertz CT molecular complexity index is 588. The normalized spacial score (nSPS) is 19.0. The van der Waals surface area contributed by atoms with E-state index in [0.717, 1.165) is 5.70 Å². The third-order valence-electron chi connectivity index (χ3n) is 3.50. The molecular weight excluding hydrogens is 268 g/mol. The number of nitrogens with two attached hydrogens (primary N) is 1. The molecule has 0 unspecified atom stereocenters. The molecule has 0 amide bonds. The zero-order valence-corrected chi connectivity index (χ0v) is 12.3. The van der Waals surface area contributed by atoms with Gasteiger partial charge in [-0.1, -0.05) is 13.8 Å². The van der Waals surface area contributed by atoms with Gasteiger partial charge in [0.25, 0.3) is 0 Å². The van der Waals surface area contributed by atoms with Gasteiger partial charge in [0.15, 0.2) is 5.78 Å². The molecule has 2 rings (SSSR count). The van der Waals surface area contributed by atoms with E-state index < -0.39 is 5.97 Å². The number of anilines is 1. The second-order valence-corrected chi connectivity index (χ2v) is 6.21. The fraction of sp³-hybridized carbons (Fsp3) is 0.375. The minimum atomic E-state index is -0.890. The van der Waals surface area contributed by atoms with Crippen LogP contribution in [0.15, 0.2) is 36.0 Å². The lowest BCUT2D eigenvalue weighted by Crippen LogP contribution is -2.28. The number of carboxylic acid groups (broad SMARTS) is 1. The molecule has 1 aliphatic rings. The minimum Gasteiger partial charge on any atom is -0.480 e. The predicted molar refractivity (Wildman–Crippen MR) is 80.9 cm³/mol. The number of allylic oxidation sites excluding steroid dienone is 2. The molecule has 5 heteroatoms. The van der Waals surface area contributed by atoms with Crippen molar-refractivity contribution in [3.8, 4) is 0 Å². The molecule has 21 heavy (non-hydrogen) atoms. The smallest absolute Gasteiger partial charge is 0.323 e. The fourth-order valence-corrected chi connectivity index (χ4v) is 2.62. The van der Waals surface area contributed by atoms with Crippen LogP contribution in [0.5, 0.6) is 0 Å². The van der Waals surface area contributed by atoms with Crippen LogP contribution < -0.4 is 5.73 Å². The molecule has 3 N–H and O–H groups in total. The van der Waals surface area contributed by atoms with E-state index in [1.54, 1.807) is 35.2 Å². The summed E-state index contributed by atoms with van der Waals surface area (Å²) in [7, 11) is 0. The molecule has 5 nitrogen and oxygen atoms in total. The monoisotopic (exact) mass is 288 g/mol. The van der Waals surface area contributed by atoms with Gasteiger partial charge in [0, 0.05) is 29.6 Å². The van der Waals surface area contributed by atoms with Crippen molar-refractivity contribution in [2.24, 2.45) is 5.41 Å². The van der Waals surface area contributed by atoms with Crippen LogP contribution in [0.3, 0.4) is 0 Å². The third-order valence-corrected chi connectivity index (χ3v) is 3.50. The second kappa shape index (κ2) is 5.60. The number of likely N-dealkylation sites (tertiary alicyclic amines) is 1. The van der Waals surface area contributed by atoms with Gasteiger partial charge >= 0.3 is 5.97 Å². The number of carbonyl (C=O) groups excluding carboxylic acids is 1. The van der Waals surface area contributed by atoms with Gasteiger partial charge in [-0.25, -0.2) is 0 Å². The summed E-state index contributed by atoms with van der Waals surface area (Å²) in [6.07, 6.45) is 2.24. The van der Waals surface area contributed by atoms with Crippen LogP contribution in [-0.2, 0) is 4.79 Å². The summed E-state index contributed by atoms with van der Waals surface area (Å²) >= 11 is 0. The maximum Gasteiger partial charge on any atom is 0.323 e. The van der Waals surface area contributed by atoms with E-state index in [0.29, 0.717) is 24.2 Å². The number of nitrogens with zero attached hydrogens (tertiary/aromatic N) is 1. The highest BCUT2D eigenvalue weighted by Gasteiger charge is 2.34. The molecule has 112 valence electrons. The van der Waals surface area contributed by atoms with E-state index in [4.69, 9.17) is 10.8 Å². The first kappa shape index (κ1) is 15.1. The minimum absolute atomic E-state index is 0.0251. The lowest BCUT2D eigenvalue weighted by Gasteiger charge is -2.19. The maximum atomic E-state index is 12.3. The molecule has 1 aromatic carbocycles. The predicted octanol–water partition coefficient (Wildman–Crippen LogP) is 2.15. The molecule has 0 radical (unpaired) electrons. The van der Waals surface area contributed by atoms with Crippen molar-refractivity contribution >= 4 is 17.4 Å². The van der Waals surface area contributed by atoms with Crippen molar-refractivity contribution < 1.29 is 14.7 Å². The Morgan fingerprint density at radius 1 is 1.33 bits per heavy atom. The first-order valence-corrected chi connectivity index (χ1v) is 6.84. The summed E-state index contributed by atoms with van der Waals surface area (Å²) in [6.45, 7) is 4.69. The van der Waals surface area contributed by atoms with Crippen LogP contribution in [0, 0.1) is 5.41 Å². The van der Waals surface area contributed by atoms with Crippen LogP contribution in [0.25, 0.3) is 0 Å². The zero-order chi connectivity index (χ0) is 15.6. The molecular formula is C16H20N2O3. The average molecular weight is 288 g/mol. The molecule has 1 saturated heterocycles. The maximum absolute atomic E-state index is 12.3. The number of carbonyl (C=O) groups is 2. The highest BCUT2D eigenvalue weighted by molar-refractivity contribution is 6.05. The standard InChI is InChI=1S/C16H20N2O3/c1-16(2)8-13(18(10-16)9-15(20)21)7-14(19)11-3-5-12(17)6-4-11/h3-7H,8-10,17H2,1-2H3,(H,20,21)/b13-7+. The summed E-state index contributed by atoms with van der Waals surface area (Å²) < 4.78 is 0. The van der Waals surface area contributed by atoms with E-state index >= 15 is 0 Å². The van der Waals surface area contributed by atoms with Gasteiger partial charge < -0.3 is 15.7 Å². The van der Waals surface area contributed by atoms with Crippen molar-refractivity contribution in [2.45, 2.75) is 20.3 Å². The van der Waals surface area contributed by atoms with Crippen LogP contribution in [0.4, 0.5) is 5.69 Å². The van der Waals surface area contributed by atoms with Crippen molar-refractivity contribution in [3.05, 3.63) is 41.6 Å². The molecule has 0 bridgehead atoms. The molecule has 0 saturated carbocycles. The van der Waals surface area contributed by atoms with E-state index in [9.17, 15) is 9.59 Å². The number of benzene rings is 1. The topological polar surface area (TPSA) is 83.6 Å². The van der Waals surface area contributed by atoms with E-state index in [1.165, 1.54) is 0 Å². The van der Waals surface area contributed by atoms with Crippen molar-refractivity contribution in [1.29, 1.82) is 0 Å². The van der Waals surface area contributed by atoms with Crippen molar-refractivity contribution in [3.63, 3.8) is 0 Å². The molecule has 1 heterocycles. The van der Waals surface area contributed by atoms with Gasteiger partial charge in [-0.15, -0.1) is 0 Å². The molecule has 1 aliphatic heterocycles. The summed E-state index contributed by atoms with van der Waals surface area (Å²) in [5, 5.41) is 8.98. The van der Waals surface area contributed by atoms with Crippen LogP contribution in [0.1, 0.15) is 30.6 Å². The second-order valence-electron chi connectivity index (χ2n) is 6.21. The quantitative estimate of drug-likeness (QED) is 0.504. The summed E-state index contributed by atoms with van der Waals surface area (Å²) in [5.41, 5.74) is 7.52. The highest BCUT2D eigenvalue weighted by atomic mass is 16.4. The SMILES string of the molecule is CC1(C)C/C(=C\C(=O)c2ccc(N)cc2)N(CC(=O)O)C1. The molecule has 0 atom stereocenters.